The fourth-order valence-electron chi connectivity index (χ4n) is 5.85. The molecule has 0 radical (unpaired) electrons. The lowest BCUT2D eigenvalue weighted by Gasteiger charge is -2.43. The van der Waals surface area contributed by atoms with Crippen LogP contribution in [0.3, 0.4) is 0 Å². The van der Waals surface area contributed by atoms with E-state index in [1.807, 2.05) is 30.3 Å². The summed E-state index contributed by atoms with van der Waals surface area (Å²) in [6, 6.07) is 8.36. The second-order valence-corrected chi connectivity index (χ2v) is 11.4. The lowest BCUT2D eigenvalue weighted by atomic mass is 9.74. The Bertz CT molecular complexity index is 1130. The maximum atomic E-state index is 13.0. The van der Waals surface area contributed by atoms with Gasteiger partial charge in [-0.1, -0.05) is 30.3 Å². The van der Waals surface area contributed by atoms with Gasteiger partial charge in [-0.2, -0.15) is 0 Å². The van der Waals surface area contributed by atoms with E-state index in [9.17, 15) is 24.0 Å². The van der Waals surface area contributed by atoms with Crippen LogP contribution in [0.1, 0.15) is 56.9 Å². The largest absolute Gasteiger partial charge is 0.469 e. The lowest BCUT2D eigenvalue weighted by molar-refractivity contribution is -0.150. The zero-order valence-electron chi connectivity index (χ0n) is 22.7. The third kappa shape index (κ3) is 6.08. The number of nitrogens with one attached hydrogen (secondary N) is 4. The van der Waals surface area contributed by atoms with E-state index in [1.54, 1.807) is 0 Å². The number of carbonyl (C=O) groups excluding carboxylic acids is 5. The van der Waals surface area contributed by atoms with Gasteiger partial charge >= 0.3 is 12.1 Å². The van der Waals surface area contributed by atoms with Gasteiger partial charge in [0.25, 0.3) is 0 Å². The molecule has 1 aromatic carbocycles. The van der Waals surface area contributed by atoms with E-state index in [2.05, 4.69) is 21.3 Å². The van der Waals surface area contributed by atoms with Gasteiger partial charge in [-0.15, -0.1) is 0 Å². The number of ether oxygens (including phenoxy) is 2. The van der Waals surface area contributed by atoms with E-state index in [4.69, 9.17) is 9.47 Å². The fraction of sp³-hybridized carbons (Fsp3) is 0.621. The molecule has 5 rings (SSSR count). The van der Waals surface area contributed by atoms with Gasteiger partial charge in [0.15, 0.2) is 0 Å². The molecule has 4 aliphatic carbocycles. The van der Waals surface area contributed by atoms with E-state index in [-0.39, 0.29) is 78.1 Å². The van der Waals surface area contributed by atoms with Crippen LogP contribution in [0, 0.1) is 23.7 Å². The molecule has 0 saturated heterocycles. The normalized spacial score (nSPS) is 31.9. The minimum atomic E-state index is -0.551. The van der Waals surface area contributed by atoms with Crippen LogP contribution in [0.2, 0.25) is 0 Å². The molecule has 4 aliphatic rings. The number of esters is 1. The summed E-state index contributed by atoms with van der Waals surface area (Å²) < 4.78 is 10.1. The lowest BCUT2D eigenvalue weighted by Crippen LogP contribution is -2.61. The Labute approximate surface area is 233 Å². The van der Waals surface area contributed by atoms with Gasteiger partial charge in [-0.3, -0.25) is 19.2 Å². The van der Waals surface area contributed by atoms with Crippen LogP contribution in [0.15, 0.2) is 30.3 Å². The molecule has 1 aromatic rings. The van der Waals surface area contributed by atoms with Crippen molar-refractivity contribution in [3.05, 3.63) is 35.9 Å². The van der Waals surface area contributed by atoms with E-state index < -0.39 is 6.09 Å². The summed E-state index contributed by atoms with van der Waals surface area (Å²) in [5, 5.41) is 11.7. The van der Waals surface area contributed by atoms with E-state index in [0.717, 1.165) is 12.0 Å². The molecule has 4 amide bonds. The van der Waals surface area contributed by atoms with Gasteiger partial charge < -0.3 is 30.7 Å². The van der Waals surface area contributed by atoms with Gasteiger partial charge in [-0.25, -0.2) is 4.79 Å². The Balaban J connectivity index is 1.03. The van der Waals surface area contributed by atoms with Gasteiger partial charge in [-0.05, 0) is 56.9 Å². The second-order valence-electron chi connectivity index (χ2n) is 11.4. The Morgan fingerprint density at radius 1 is 0.625 bits per heavy atom. The smallest absolute Gasteiger partial charge is 0.407 e. The maximum Gasteiger partial charge on any atom is 0.407 e. The molecule has 0 aliphatic heterocycles. The number of alkyl carbamates (subject to hydrolysis) is 1. The zero-order valence-corrected chi connectivity index (χ0v) is 22.7. The van der Waals surface area contributed by atoms with E-state index >= 15 is 0 Å². The topological polar surface area (TPSA) is 152 Å². The second kappa shape index (κ2) is 12.3. The monoisotopic (exact) mass is 554 g/mol. The zero-order chi connectivity index (χ0) is 28.2. The first-order valence-electron chi connectivity index (χ1n) is 14.3. The highest BCUT2D eigenvalue weighted by atomic mass is 16.5. The molecule has 40 heavy (non-hydrogen) atoms. The standard InChI is InChI=1S/C29H38N4O7/c1-39-28(37)20-10-14-24(20)32-26(35)18-8-12-22(18)30-25(34)17-7-11-21(17)31-27(36)19-9-13-23(19)33-29(38)40-15-16-5-3-2-4-6-16/h2-6,17-24H,7-15H2,1H3,(H,30,34)(H,31,36)(H,32,35)(H,33,38)/t17-,18-,19-,20+,21+,22+,23+,24+/m1/s1. The molecule has 11 nitrogen and oxygen atoms in total. The summed E-state index contributed by atoms with van der Waals surface area (Å²) in [4.78, 5) is 62.7. The van der Waals surface area contributed by atoms with Crippen molar-refractivity contribution < 1.29 is 33.4 Å². The predicted octanol–water partition coefficient (Wildman–Crippen LogP) is 1.55. The van der Waals surface area contributed by atoms with Crippen molar-refractivity contribution in [1.82, 2.24) is 21.3 Å². The van der Waals surface area contributed by atoms with Crippen LogP contribution in [-0.4, -0.2) is 61.1 Å². The van der Waals surface area contributed by atoms with Crippen LogP contribution in [0.25, 0.3) is 0 Å². The minimum Gasteiger partial charge on any atom is -0.469 e. The average Bonchev–Trinajstić information content (AvgIpc) is 2.88. The Morgan fingerprint density at radius 3 is 1.45 bits per heavy atom. The average molecular weight is 555 g/mol. The van der Waals surface area contributed by atoms with Crippen LogP contribution < -0.4 is 21.3 Å². The molecule has 11 heteroatoms. The molecule has 0 heterocycles. The molecular formula is C29H38N4O7. The number of benzene rings is 1. The number of carbonyl (C=O) groups is 5. The molecular weight excluding hydrogens is 516 g/mol. The van der Waals surface area contributed by atoms with Gasteiger partial charge in [0, 0.05) is 24.2 Å². The van der Waals surface area contributed by atoms with Crippen molar-refractivity contribution in [3.8, 4) is 0 Å². The third-order valence-electron chi connectivity index (χ3n) is 9.11. The van der Waals surface area contributed by atoms with Crippen molar-refractivity contribution in [2.45, 2.75) is 82.1 Å². The fourth-order valence-corrected chi connectivity index (χ4v) is 5.85. The Morgan fingerprint density at radius 2 is 1.05 bits per heavy atom. The van der Waals surface area contributed by atoms with Crippen LogP contribution in [-0.2, 0) is 35.3 Å². The molecule has 0 bridgehead atoms. The SMILES string of the molecule is COC(=O)[C@H]1CC[C@@H]1NC(=O)[C@@H]1CC[C@@H]1NC(=O)[C@@H]1CC[C@@H]1NC(=O)[C@@H]1CC[C@@H]1NC(=O)OCc1ccccc1. The molecule has 0 unspecified atom stereocenters. The molecule has 0 spiro atoms. The number of methoxy groups -OCH3 is 1. The summed E-state index contributed by atoms with van der Waals surface area (Å²) in [5.74, 6) is -2.07. The van der Waals surface area contributed by atoms with E-state index in [1.165, 1.54) is 7.11 Å². The van der Waals surface area contributed by atoms with Crippen LogP contribution >= 0.6 is 0 Å². The molecule has 4 fully saturated rings. The highest BCUT2D eigenvalue weighted by Crippen LogP contribution is 2.35. The highest BCUT2D eigenvalue weighted by molar-refractivity contribution is 5.87. The first kappa shape index (κ1) is 27.9. The van der Waals surface area contributed by atoms with Crippen molar-refractivity contribution in [1.29, 1.82) is 0 Å². The summed E-state index contributed by atoms with van der Waals surface area (Å²) in [6.45, 7) is 0.160. The summed E-state index contributed by atoms with van der Waals surface area (Å²) in [6.07, 6.45) is 5.02. The van der Waals surface area contributed by atoms with Crippen LogP contribution in [0.4, 0.5) is 4.79 Å². The van der Waals surface area contributed by atoms with Crippen molar-refractivity contribution in [3.63, 3.8) is 0 Å². The van der Waals surface area contributed by atoms with Gasteiger partial charge in [0.2, 0.25) is 17.7 Å². The van der Waals surface area contributed by atoms with Crippen molar-refractivity contribution in [2.24, 2.45) is 23.7 Å². The van der Waals surface area contributed by atoms with Gasteiger partial charge in [0.05, 0.1) is 30.8 Å². The van der Waals surface area contributed by atoms with E-state index in [0.29, 0.717) is 44.9 Å². The minimum absolute atomic E-state index is 0.139. The third-order valence-corrected chi connectivity index (χ3v) is 9.11. The van der Waals surface area contributed by atoms with Crippen LogP contribution in [0.5, 0.6) is 0 Å². The molecule has 4 N–H and O–H groups in total. The summed E-state index contributed by atoms with van der Waals surface area (Å²) in [7, 11) is 1.35. The Hall–Kier alpha value is -3.63. The molecule has 8 atom stereocenters. The number of hydrogen-bond donors (Lipinski definition) is 4. The number of rotatable bonds is 10. The van der Waals surface area contributed by atoms with Gasteiger partial charge in [0.1, 0.15) is 6.61 Å². The molecule has 0 aromatic heterocycles. The highest BCUT2D eigenvalue weighted by Gasteiger charge is 2.46. The maximum absolute atomic E-state index is 13.0. The number of hydrogen-bond acceptors (Lipinski definition) is 7. The summed E-state index contributed by atoms with van der Waals surface area (Å²) in [5.41, 5.74) is 0.884. The van der Waals surface area contributed by atoms with Crippen molar-refractivity contribution >= 4 is 29.8 Å². The Kier molecular flexibility index (Phi) is 8.56. The first-order valence-corrected chi connectivity index (χ1v) is 14.3. The predicted molar refractivity (Wildman–Crippen MR) is 142 cm³/mol. The molecule has 216 valence electrons. The first-order chi connectivity index (χ1) is 19.3. The summed E-state index contributed by atoms with van der Waals surface area (Å²) >= 11 is 0. The van der Waals surface area contributed by atoms with Crippen molar-refractivity contribution in [2.75, 3.05) is 7.11 Å². The molecule has 4 saturated carbocycles. The number of amides is 4. The quantitative estimate of drug-likeness (QED) is 0.320.